The number of hydrogen-bond donors (Lipinski definition) is 1. The van der Waals surface area contributed by atoms with Crippen molar-refractivity contribution >= 4 is 0 Å². The van der Waals surface area contributed by atoms with Crippen LogP contribution in [-0.2, 0) is 49.7 Å². The van der Waals surface area contributed by atoms with Gasteiger partial charge in [-0.1, -0.05) is 109 Å². The van der Waals surface area contributed by atoms with Crippen molar-refractivity contribution in [3.63, 3.8) is 0 Å². The predicted octanol–water partition coefficient (Wildman–Crippen LogP) is 19.8. The maximum atomic E-state index is 9.99. The van der Waals surface area contributed by atoms with Crippen LogP contribution < -0.4 is 0 Å². The van der Waals surface area contributed by atoms with E-state index in [0.29, 0.717) is 107 Å². The van der Waals surface area contributed by atoms with Crippen LogP contribution in [0.2, 0.25) is 0 Å². The van der Waals surface area contributed by atoms with E-state index in [4.69, 9.17) is 40.6 Å². The number of aliphatic hydroxyl groups is 1. The lowest BCUT2D eigenvalue weighted by molar-refractivity contribution is -0.0528. The summed E-state index contributed by atoms with van der Waals surface area (Å²) in [6.07, 6.45) is 35.5. The molecule has 16 rings (SSSR count). The molecule has 9 aliphatic heterocycles. The number of likely N-dealkylation sites (tertiary alicyclic amines) is 8. The van der Waals surface area contributed by atoms with Crippen LogP contribution in [0.25, 0.3) is 0 Å². The fourth-order valence-electron chi connectivity index (χ4n) is 24.2. The van der Waals surface area contributed by atoms with Gasteiger partial charge in [0, 0.05) is 155 Å². The Bertz CT molecular complexity index is 4570. The van der Waals surface area contributed by atoms with Gasteiger partial charge in [0.05, 0.1) is 120 Å². The van der Waals surface area contributed by atoms with Crippen LogP contribution in [0.3, 0.4) is 0 Å². The molecule has 0 aromatic carbocycles. The van der Waals surface area contributed by atoms with Gasteiger partial charge in [-0.25, -0.2) is 4.98 Å². The van der Waals surface area contributed by atoms with E-state index in [0.717, 1.165) is 243 Å². The summed E-state index contributed by atoms with van der Waals surface area (Å²) in [5.74, 6) is 18.8. The van der Waals surface area contributed by atoms with Crippen molar-refractivity contribution < 1.29 is 23.5 Å². The highest BCUT2D eigenvalue weighted by Gasteiger charge is 2.43. The quantitative estimate of drug-likeness (QED) is 0.0571. The average Bonchev–Trinajstić information content (AvgIpc) is 0.890. The standard InChI is InChI=1S/C17H30N2O.C17H29NO.C15H26N2O.C14H22N4.C14H21N3O.C14H24N2.C13H19N3O.C12H18N4/c1-12(2)16-11-19(6-5-14(16)9-18)10-13-7-15(8-13)17(3,4)20;1-4-16-6-10-18(13-17(16)14(2)3)9-5-15-7-11-19-12-8-15;1-11(2)15-10-17(5-4-13(15)8-16)9-12-6-14(7-12)18-3;1-11(2)14-10-18(7-5-12(14)8-15)9-13-4-6-16-17(13)3;1-10(2)14-9-17(5-4-12(14)7-15)8-13-6-11(3)18-16-13;1-11(2)14-10-16(7-6-13(14)8-15)9-12-4-3-5-12;1-10(2)12-8-16(5-3-11(12)7-14)9-13-15-4-6-17-13;1-10-12(8-14-15(10)2)9-16-5-3-11(7-13)4-6-16/h12-16,20H,5-8,10-11H2,1-4H3;1,14-17H,5-13H2,2-3H3;11-15H,4-7,9-10H2,1-3H3;4,6,11-12,14H,5,7,9-10H2,1-3H3;6,10,12,14H,4-5,8-9H2,1-3H3;11-14H,3-7,9-10H2,1-2H3;4,6,10-12H,3,5,8-9H2,1-2H3;8,11H,3-6,9H2,1-2H3. The molecule has 26 nitrogen and oxygen atoms in total. The van der Waals surface area contributed by atoms with Gasteiger partial charge in [0.25, 0.3) is 0 Å². The highest BCUT2D eigenvalue weighted by molar-refractivity contribution is 5.16. The van der Waals surface area contributed by atoms with Crippen LogP contribution in [0.15, 0.2) is 45.9 Å². The first-order valence-electron chi connectivity index (χ1n) is 55.6. The molecule has 26 heteroatoms. The molecule has 13 heterocycles. The molecule has 3 saturated carbocycles. The second-order valence-electron chi connectivity index (χ2n) is 47.7. The molecule has 14 atom stereocenters. The number of hydrogen-bond acceptors (Lipinski definition) is 24. The zero-order valence-electron chi connectivity index (χ0n) is 92.0. The van der Waals surface area contributed by atoms with E-state index in [2.05, 4.69) is 218 Å². The van der Waals surface area contributed by atoms with Crippen LogP contribution in [0.4, 0.5) is 0 Å². The second kappa shape index (κ2) is 60.0. The van der Waals surface area contributed by atoms with Gasteiger partial charge in [0.15, 0.2) is 0 Å². The Morgan fingerprint density at radius 1 is 0.451 bits per heavy atom. The summed E-state index contributed by atoms with van der Waals surface area (Å²) < 4.78 is 25.0. The molecule has 3 aliphatic carbocycles. The normalized spacial score (nSPS) is 29.1. The van der Waals surface area contributed by atoms with Gasteiger partial charge in [-0.15, -0.1) is 12.3 Å². The van der Waals surface area contributed by atoms with E-state index in [9.17, 15) is 26.2 Å². The minimum atomic E-state index is -0.509. The Balaban J connectivity index is 0.000000181. The van der Waals surface area contributed by atoms with Crippen molar-refractivity contribution in [2.45, 2.75) is 285 Å². The van der Waals surface area contributed by atoms with E-state index < -0.39 is 5.60 Å². The first-order chi connectivity index (χ1) is 68.0. The van der Waals surface area contributed by atoms with Gasteiger partial charge in [-0.05, 0) is 327 Å². The molecule has 0 bridgehead atoms. The molecule has 12 aliphatic rings. The molecule has 4 aromatic rings. The van der Waals surface area contributed by atoms with Gasteiger partial charge in [-0.2, -0.15) is 47.0 Å². The Morgan fingerprint density at radius 3 is 1.22 bits per heavy atom. The van der Waals surface area contributed by atoms with Gasteiger partial charge < -0.3 is 43.1 Å². The van der Waals surface area contributed by atoms with E-state index in [1.54, 1.807) is 12.5 Å². The number of oxazole rings is 1. The predicted molar refractivity (Wildman–Crippen MR) is 563 cm³/mol. The smallest absolute Gasteiger partial charge is 0.208 e. The number of rotatable bonds is 26. The molecular formula is C116H189N21O5. The van der Waals surface area contributed by atoms with Crippen molar-refractivity contribution in [1.82, 2.24) is 68.9 Å². The SMILES string of the molecule is C#CC1CCN(CCC2CCOCC2)CC1C(C)C.CC(C)C1CN(CC2CC(C(C)(C)O)C2)CCC1C#N.CC(C)C1CN(CC2CCC2)CCC1C#N.CC(C)C1CN(Cc2ccnn2C)CCC1C#N.CC(C)C1CN(Cc2ncco2)CCC1C#N.COC1CC(CN2CCC(C#N)C(C(C)C)C2)C1.Cc1c(CN2CCC(C#N)CC2)cnn1C.Cc1cc(CN2CCC(C#N)C(C(C)C)C2)no1. The molecule has 9 saturated heterocycles. The number of aromatic nitrogens is 6. The van der Waals surface area contributed by atoms with Gasteiger partial charge in [-0.3, -0.25) is 29.0 Å². The minimum absolute atomic E-state index is 0.204. The molecule has 1 N–H and O–H groups in total. The summed E-state index contributed by atoms with van der Waals surface area (Å²) in [4.78, 5) is 24.1. The monoisotopic (exact) mass is 1960 g/mol. The summed E-state index contributed by atoms with van der Waals surface area (Å²) in [5.41, 5.74) is 4.27. The molecule has 788 valence electrons. The number of piperidine rings is 8. The fraction of sp³-hybridized carbons (Fsp3) is 0.819. The molecule has 14 unspecified atom stereocenters. The Labute approximate surface area is 860 Å². The van der Waals surface area contributed by atoms with E-state index in [-0.39, 0.29) is 35.5 Å². The van der Waals surface area contributed by atoms with Gasteiger partial charge >= 0.3 is 0 Å². The Kier molecular flexibility index (Phi) is 49.8. The summed E-state index contributed by atoms with van der Waals surface area (Å²) >= 11 is 0. The number of nitrogens with zero attached hydrogens (tertiary/aromatic N) is 21. The number of aryl methyl sites for hydroxylation is 3. The van der Waals surface area contributed by atoms with Crippen LogP contribution >= 0.6 is 0 Å². The zero-order valence-corrected chi connectivity index (χ0v) is 92.0. The highest BCUT2D eigenvalue weighted by atomic mass is 16.5. The lowest BCUT2D eigenvalue weighted by Gasteiger charge is -2.46. The van der Waals surface area contributed by atoms with Crippen molar-refractivity contribution in [2.24, 2.45) is 174 Å². The zero-order chi connectivity index (χ0) is 103. The van der Waals surface area contributed by atoms with E-state index in [1.807, 2.05) is 69.8 Å². The van der Waals surface area contributed by atoms with Crippen molar-refractivity contribution in [3.05, 3.63) is 71.3 Å². The van der Waals surface area contributed by atoms with Gasteiger partial charge in [0.1, 0.15) is 12.0 Å². The third-order valence-corrected chi connectivity index (χ3v) is 34.8. The second-order valence-corrected chi connectivity index (χ2v) is 47.7. The number of nitriles is 7. The first-order valence-corrected chi connectivity index (χ1v) is 55.6. The Hall–Kier alpha value is -7.61. The molecular weight excluding hydrogens is 1770 g/mol. The molecule has 4 aromatic heterocycles. The van der Waals surface area contributed by atoms with Gasteiger partial charge in [0.2, 0.25) is 5.89 Å². The molecule has 0 radical (unpaired) electrons. The topological polar surface area (TPSA) is 319 Å². The lowest BCUT2D eigenvalue weighted by atomic mass is 9.67. The molecule has 142 heavy (non-hydrogen) atoms. The summed E-state index contributed by atoms with van der Waals surface area (Å²) in [6.45, 7) is 66.8. The summed E-state index contributed by atoms with van der Waals surface area (Å²) in [5, 5.41) is 86.5. The van der Waals surface area contributed by atoms with Crippen molar-refractivity contribution in [1.29, 1.82) is 36.8 Å². The number of methoxy groups -OCH3 is 1. The average molecular weight is 1960 g/mol. The van der Waals surface area contributed by atoms with Crippen LogP contribution in [0, 0.1) is 265 Å². The Morgan fingerprint density at radius 2 is 0.852 bits per heavy atom. The van der Waals surface area contributed by atoms with Crippen LogP contribution in [-0.4, -0.2) is 237 Å². The summed E-state index contributed by atoms with van der Waals surface area (Å²) in [6, 6.07) is 21.3. The number of ether oxygens (including phenoxy) is 2. The third kappa shape index (κ3) is 37.3. The maximum absolute atomic E-state index is 9.99. The molecule has 0 spiro atoms. The number of terminal acetylenes is 1. The maximum Gasteiger partial charge on any atom is 0.208 e. The molecule has 12 fully saturated rings. The van der Waals surface area contributed by atoms with E-state index in [1.165, 1.54) is 107 Å². The largest absolute Gasteiger partial charge is 0.448 e. The first kappa shape index (κ1) is 118. The lowest BCUT2D eigenvalue weighted by Crippen LogP contribution is -2.48. The van der Waals surface area contributed by atoms with E-state index >= 15 is 0 Å². The van der Waals surface area contributed by atoms with Crippen LogP contribution in [0.1, 0.15) is 267 Å². The van der Waals surface area contributed by atoms with Crippen molar-refractivity contribution in [2.75, 3.05) is 151 Å². The fourth-order valence-corrected chi connectivity index (χ4v) is 24.2. The van der Waals surface area contributed by atoms with Crippen molar-refractivity contribution in [3.8, 4) is 54.8 Å². The third-order valence-electron chi connectivity index (χ3n) is 34.8. The summed E-state index contributed by atoms with van der Waals surface area (Å²) in [7, 11) is 5.77. The molecule has 0 amide bonds. The highest BCUT2D eigenvalue weighted by Crippen LogP contribution is 2.44. The minimum Gasteiger partial charge on any atom is -0.448 e. The van der Waals surface area contributed by atoms with Crippen LogP contribution in [0.5, 0.6) is 0 Å².